The van der Waals surface area contributed by atoms with Gasteiger partial charge in [0.05, 0.1) is 25.4 Å². The molecule has 6 heteroatoms. The van der Waals surface area contributed by atoms with Crippen LogP contribution in [0.5, 0.6) is 0 Å². The summed E-state index contributed by atoms with van der Waals surface area (Å²) in [4.78, 5) is 24.6. The molecule has 72 heavy (non-hydrogen) atoms. The van der Waals surface area contributed by atoms with Crippen molar-refractivity contribution < 1.29 is 24.5 Å². The number of aliphatic hydroxyl groups excluding tert-OH is 2. The molecule has 0 aromatic rings. The summed E-state index contributed by atoms with van der Waals surface area (Å²) in [6.07, 6.45) is 74.3. The number of carbonyl (C=O) groups is 2. The second-order valence-corrected chi connectivity index (χ2v) is 23.2. The van der Waals surface area contributed by atoms with Gasteiger partial charge in [-0.15, -0.1) is 0 Å². The molecule has 6 nitrogen and oxygen atoms in total. The van der Waals surface area contributed by atoms with Crippen molar-refractivity contribution in [1.82, 2.24) is 5.32 Å². The molecule has 0 saturated heterocycles. The third-order valence-corrected chi connectivity index (χ3v) is 15.9. The number of esters is 1. The number of rotatable bonds is 63. The van der Waals surface area contributed by atoms with Gasteiger partial charge in [-0.1, -0.05) is 348 Å². The molecule has 2 unspecified atom stereocenters. The van der Waals surface area contributed by atoms with Crippen molar-refractivity contribution in [2.45, 2.75) is 398 Å². The van der Waals surface area contributed by atoms with Crippen LogP contribution in [-0.4, -0.2) is 47.4 Å². The summed E-state index contributed by atoms with van der Waals surface area (Å²) in [6, 6.07) is -0.537. The van der Waals surface area contributed by atoms with Gasteiger partial charge in [0.25, 0.3) is 0 Å². The normalized spacial score (nSPS) is 12.4. The van der Waals surface area contributed by atoms with Crippen molar-refractivity contribution in [1.29, 1.82) is 0 Å². The van der Waals surface area contributed by atoms with Gasteiger partial charge in [0.2, 0.25) is 5.91 Å². The molecule has 0 aromatic carbocycles. The number of hydrogen-bond donors (Lipinski definition) is 3. The molecule has 0 fully saturated rings. The number of aliphatic hydroxyl groups is 2. The van der Waals surface area contributed by atoms with E-state index < -0.39 is 12.1 Å². The standard InChI is InChI=1S/C66H131NO5/c1-3-5-7-9-11-13-15-16-17-18-30-33-36-40-44-48-52-56-60-66(71)72-61-57-53-49-45-41-37-34-31-28-26-24-22-20-19-21-23-25-27-29-32-35-39-43-47-51-55-59-65(70)67-63(62-68)64(69)58-54-50-46-42-38-14-12-10-8-6-4-2/h63-64,68-69H,3-62H2,1-2H3,(H,67,70). The highest BCUT2D eigenvalue weighted by molar-refractivity contribution is 5.76. The minimum absolute atomic E-state index is 0.0227. The van der Waals surface area contributed by atoms with E-state index >= 15 is 0 Å². The monoisotopic (exact) mass is 1020 g/mol. The topological polar surface area (TPSA) is 95.9 Å². The Hall–Kier alpha value is -1.14. The minimum Gasteiger partial charge on any atom is -0.466 e. The van der Waals surface area contributed by atoms with Gasteiger partial charge in [-0.05, 0) is 25.7 Å². The van der Waals surface area contributed by atoms with Gasteiger partial charge in [-0.3, -0.25) is 9.59 Å². The fourth-order valence-electron chi connectivity index (χ4n) is 10.8. The zero-order valence-corrected chi connectivity index (χ0v) is 49.2. The number of unbranched alkanes of at least 4 members (excludes halogenated alkanes) is 52. The van der Waals surface area contributed by atoms with Crippen LogP contribution in [0.25, 0.3) is 0 Å². The highest BCUT2D eigenvalue weighted by Crippen LogP contribution is 2.19. The largest absolute Gasteiger partial charge is 0.466 e. The Bertz CT molecular complexity index is 1040. The molecule has 0 aromatic heterocycles. The van der Waals surface area contributed by atoms with Crippen molar-refractivity contribution in [3.8, 4) is 0 Å². The fourth-order valence-corrected chi connectivity index (χ4v) is 10.8. The van der Waals surface area contributed by atoms with Crippen LogP contribution in [0.3, 0.4) is 0 Å². The van der Waals surface area contributed by atoms with Crippen molar-refractivity contribution in [3.63, 3.8) is 0 Å². The summed E-state index contributed by atoms with van der Waals surface area (Å²) in [5.74, 6) is -0.00859. The van der Waals surface area contributed by atoms with Crippen LogP contribution >= 0.6 is 0 Å². The Kier molecular flexibility index (Phi) is 61.4. The summed E-state index contributed by atoms with van der Waals surface area (Å²) in [5.41, 5.74) is 0. The lowest BCUT2D eigenvalue weighted by atomic mass is 10.0. The number of amides is 1. The highest BCUT2D eigenvalue weighted by Gasteiger charge is 2.20. The minimum atomic E-state index is -0.660. The van der Waals surface area contributed by atoms with Gasteiger partial charge in [0, 0.05) is 12.8 Å². The maximum Gasteiger partial charge on any atom is 0.305 e. The van der Waals surface area contributed by atoms with Gasteiger partial charge < -0.3 is 20.3 Å². The Balaban J connectivity index is 3.30. The smallest absolute Gasteiger partial charge is 0.305 e. The first-order valence-corrected chi connectivity index (χ1v) is 33.3. The SMILES string of the molecule is CCCCCCCCCCCCCCCCCCCCC(=O)OCCCCCCCCCCCCCCCCCCCCCCCCCCCCC(=O)NC(CO)C(O)CCCCCCCCCCCCC. The van der Waals surface area contributed by atoms with E-state index in [0.29, 0.717) is 25.9 Å². The molecule has 0 spiro atoms. The first kappa shape index (κ1) is 70.9. The van der Waals surface area contributed by atoms with E-state index in [1.807, 2.05) is 0 Å². The van der Waals surface area contributed by atoms with Gasteiger partial charge >= 0.3 is 5.97 Å². The van der Waals surface area contributed by atoms with Gasteiger partial charge in [-0.25, -0.2) is 0 Å². The molecule has 1 amide bonds. The van der Waals surface area contributed by atoms with Crippen molar-refractivity contribution >= 4 is 11.9 Å². The van der Waals surface area contributed by atoms with Crippen LogP contribution in [0, 0.1) is 0 Å². The third kappa shape index (κ3) is 58.1. The summed E-state index contributed by atoms with van der Waals surface area (Å²) in [5, 5.41) is 23.2. The van der Waals surface area contributed by atoms with Crippen LogP contribution in [0.15, 0.2) is 0 Å². The van der Waals surface area contributed by atoms with Crippen LogP contribution < -0.4 is 5.32 Å². The number of hydrogen-bond acceptors (Lipinski definition) is 5. The van der Waals surface area contributed by atoms with E-state index in [-0.39, 0.29) is 18.5 Å². The molecule has 2 atom stereocenters. The second kappa shape index (κ2) is 62.4. The van der Waals surface area contributed by atoms with Gasteiger partial charge in [-0.2, -0.15) is 0 Å². The van der Waals surface area contributed by atoms with Crippen molar-refractivity contribution in [2.75, 3.05) is 13.2 Å². The Morgan fingerprint density at radius 1 is 0.333 bits per heavy atom. The maximum atomic E-state index is 12.5. The van der Waals surface area contributed by atoms with E-state index in [0.717, 1.165) is 38.5 Å². The summed E-state index contributed by atoms with van der Waals surface area (Å²) >= 11 is 0. The second-order valence-electron chi connectivity index (χ2n) is 23.2. The molecule has 0 heterocycles. The molecule has 0 aliphatic rings. The number of ether oxygens (including phenoxy) is 1. The van der Waals surface area contributed by atoms with Gasteiger partial charge in [0.15, 0.2) is 0 Å². The zero-order valence-electron chi connectivity index (χ0n) is 49.2. The summed E-state index contributed by atoms with van der Waals surface area (Å²) in [7, 11) is 0. The average Bonchev–Trinajstić information content (AvgIpc) is 3.38. The maximum absolute atomic E-state index is 12.5. The fraction of sp³-hybridized carbons (Fsp3) is 0.970. The molecular weight excluding hydrogens is 887 g/mol. The summed E-state index contributed by atoms with van der Waals surface area (Å²) < 4.78 is 5.51. The van der Waals surface area contributed by atoms with E-state index in [1.165, 1.54) is 315 Å². The Morgan fingerprint density at radius 2 is 0.569 bits per heavy atom. The molecule has 430 valence electrons. The van der Waals surface area contributed by atoms with Crippen molar-refractivity contribution in [2.24, 2.45) is 0 Å². The molecule has 0 aliphatic heterocycles. The van der Waals surface area contributed by atoms with Crippen LogP contribution in [0.1, 0.15) is 386 Å². The average molecular weight is 1020 g/mol. The van der Waals surface area contributed by atoms with Crippen molar-refractivity contribution in [3.05, 3.63) is 0 Å². The van der Waals surface area contributed by atoms with E-state index in [4.69, 9.17) is 4.74 Å². The number of carbonyl (C=O) groups excluding carboxylic acids is 2. The zero-order chi connectivity index (χ0) is 52.2. The lowest BCUT2D eigenvalue weighted by Gasteiger charge is -2.22. The van der Waals surface area contributed by atoms with Crippen LogP contribution in [0.4, 0.5) is 0 Å². The van der Waals surface area contributed by atoms with E-state index in [2.05, 4.69) is 19.2 Å². The third-order valence-electron chi connectivity index (χ3n) is 15.9. The quantitative estimate of drug-likeness (QED) is 0.0417. The Morgan fingerprint density at radius 3 is 0.847 bits per heavy atom. The molecule has 0 radical (unpaired) electrons. The molecular formula is C66H131NO5. The molecule has 3 N–H and O–H groups in total. The molecule has 0 aliphatic carbocycles. The lowest BCUT2D eigenvalue weighted by molar-refractivity contribution is -0.143. The first-order valence-electron chi connectivity index (χ1n) is 33.3. The predicted molar refractivity (Wildman–Crippen MR) is 315 cm³/mol. The number of nitrogens with one attached hydrogen (secondary N) is 1. The van der Waals surface area contributed by atoms with Crippen LogP contribution in [-0.2, 0) is 14.3 Å². The lowest BCUT2D eigenvalue weighted by Crippen LogP contribution is -2.45. The Labute approximate surface area is 451 Å². The van der Waals surface area contributed by atoms with E-state index in [1.54, 1.807) is 0 Å². The van der Waals surface area contributed by atoms with Gasteiger partial charge in [0.1, 0.15) is 0 Å². The first-order chi connectivity index (χ1) is 35.5. The summed E-state index contributed by atoms with van der Waals surface area (Å²) in [6.45, 7) is 4.98. The van der Waals surface area contributed by atoms with E-state index in [9.17, 15) is 19.8 Å². The van der Waals surface area contributed by atoms with Crippen LogP contribution in [0.2, 0.25) is 0 Å². The molecule has 0 rings (SSSR count). The molecule has 0 bridgehead atoms. The molecule has 0 saturated carbocycles. The highest BCUT2D eigenvalue weighted by atomic mass is 16.5. The predicted octanol–water partition coefficient (Wildman–Crippen LogP) is 21.0.